The van der Waals surface area contributed by atoms with Crippen molar-refractivity contribution in [3.8, 4) is 0 Å². The van der Waals surface area contributed by atoms with Gasteiger partial charge in [0.2, 0.25) is 0 Å². The minimum atomic E-state index is -0.369. The molecule has 1 aromatic carbocycles. The molecule has 0 saturated heterocycles. The summed E-state index contributed by atoms with van der Waals surface area (Å²) >= 11 is 0. The number of ketones is 1. The Morgan fingerprint density at radius 1 is 1.33 bits per heavy atom. The van der Waals surface area contributed by atoms with Gasteiger partial charge in [0, 0.05) is 11.5 Å². The van der Waals surface area contributed by atoms with Crippen molar-refractivity contribution in [3.63, 3.8) is 0 Å². The highest BCUT2D eigenvalue weighted by atomic mass is 19.1. The van der Waals surface area contributed by atoms with E-state index in [0.717, 1.165) is 5.56 Å². The normalized spacial score (nSPS) is 19.7. The van der Waals surface area contributed by atoms with Crippen LogP contribution in [0.5, 0.6) is 0 Å². The molecule has 3 nitrogen and oxygen atoms in total. The van der Waals surface area contributed by atoms with E-state index in [0.29, 0.717) is 11.3 Å². The molecule has 0 amide bonds. The number of hydrogen-bond donors (Lipinski definition) is 0. The molecule has 0 aromatic heterocycles. The Bertz CT molecular complexity index is 528. The van der Waals surface area contributed by atoms with Crippen molar-refractivity contribution >= 4 is 11.8 Å². The van der Waals surface area contributed by atoms with Gasteiger partial charge in [-0.25, -0.2) is 4.39 Å². The Labute approximate surface area is 104 Å². The van der Waals surface area contributed by atoms with Crippen LogP contribution in [-0.4, -0.2) is 11.8 Å². The fourth-order valence-corrected chi connectivity index (χ4v) is 2.25. The van der Waals surface area contributed by atoms with Gasteiger partial charge in [0.1, 0.15) is 11.6 Å². The number of halogens is 1. The van der Waals surface area contributed by atoms with Crippen LogP contribution < -0.4 is 0 Å². The molecule has 94 valence electrons. The molecule has 0 unspecified atom stereocenters. The maximum absolute atomic E-state index is 12.9. The highest BCUT2D eigenvalue weighted by molar-refractivity contribution is 5.97. The monoisotopic (exact) mass is 248 g/mol. The lowest BCUT2D eigenvalue weighted by Gasteiger charge is -2.25. The number of hydrogen-bond acceptors (Lipinski definition) is 3. The molecule has 1 aliphatic rings. The molecule has 2 rings (SSSR count). The van der Waals surface area contributed by atoms with Crippen molar-refractivity contribution < 1.29 is 18.7 Å². The molecular weight excluding hydrogens is 235 g/mol. The Hall–Kier alpha value is -1.97. The highest BCUT2D eigenvalue weighted by Crippen LogP contribution is 2.35. The number of ether oxygens (including phenoxy) is 1. The highest BCUT2D eigenvalue weighted by Gasteiger charge is 2.31. The molecule has 0 aliphatic carbocycles. The first-order chi connectivity index (χ1) is 8.49. The first kappa shape index (κ1) is 12.5. The second kappa shape index (κ2) is 4.72. The van der Waals surface area contributed by atoms with Gasteiger partial charge in [-0.2, -0.15) is 0 Å². The molecule has 1 heterocycles. The number of Topliss-reactive ketones (excluding diaryl/α,β-unsaturated/α-hetero) is 1. The Balaban J connectivity index is 2.46. The minimum absolute atomic E-state index is 0.109. The van der Waals surface area contributed by atoms with Crippen LogP contribution in [0.15, 0.2) is 35.6 Å². The van der Waals surface area contributed by atoms with Crippen LogP contribution in [0.25, 0.3) is 0 Å². The molecule has 0 bridgehead atoms. The smallest absolute Gasteiger partial charge is 0.311 e. The average Bonchev–Trinajstić information content (AvgIpc) is 2.28. The second-order valence-electron chi connectivity index (χ2n) is 4.31. The Morgan fingerprint density at radius 3 is 2.50 bits per heavy atom. The summed E-state index contributed by atoms with van der Waals surface area (Å²) in [6, 6.07) is 5.83. The second-order valence-corrected chi connectivity index (χ2v) is 4.31. The molecule has 0 radical (unpaired) electrons. The molecular formula is C14H13FO3. The summed E-state index contributed by atoms with van der Waals surface area (Å²) in [7, 11) is 0. The fourth-order valence-electron chi connectivity index (χ4n) is 2.25. The Kier molecular flexibility index (Phi) is 3.28. The summed E-state index contributed by atoms with van der Waals surface area (Å²) < 4.78 is 17.9. The van der Waals surface area contributed by atoms with E-state index < -0.39 is 0 Å². The third-order valence-corrected chi connectivity index (χ3v) is 3.02. The van der Waals surface area contributed by atoms with Gasteiger partial charge in [-0.15, -0.1) is 0 Å². The van der Waals surface area contributed by atoms with E-state index in [1.54, 1.807) is 19.1 Å². The van der Waals surface area contributed by atoms with Crippen LogP contribution >= 0.6 is 0 Å². The minimum Gasteiger partial charge on any atom is -0.431 e. The summed E-state index contributed by atoms with van der Waals surface area (Å²) in [5, 5.41) is 0. The zero-order valence-corrected chi connectivity index (χ0v) is 10.2. The van der Waals surface area contributed by atoms with Crippen molar-refractivity contribution in [1.82, 2.24) is 0 Å². The quantitative estimate of drug-likeness (QED) is 0.756. The number of benzene rings is 1. The van der Waals surface area contributed by atoms with Gasteiger partial charge in [-0.3, -0.25) is 9.59 Å². The van der Waals surface area contributed by atoms with Gasteiger partial charge in [0.05, 0.1) is 6.42 Å². The summed E-state index contributed by atoms with van der Waals surface area (Å²) in [5.74, 6) is -0.846. The van der Waals surface area contributed by atoms with E-state index in [2.05, 4.69) is 0 Å². The predicted molar refractivity (Wildman–Crippen MR) is 63.2 cm³/mol. The van der Waals surface area contributed by atoms with Crippen molar-refractivity contribution in [2.75, 3.05) is 0 Å². The van der Waals surface area contributed by atoms with E-state index in [1.807, 2.05) is 0 Å². The van der Waals surface area contributed by atoms with E-state index in [9.17, 15) is 14.0 Å². The maximum atomic E-state index is 12.9. The number of rotatable bonds is 2. The molecule has 0 saturated carbocycles. The number of allylic oxidation sites excluding steroid dienone is 2. The number of esters is 1. The van der Waals surface area contributed by atoms with Gasteiger partial charge in [0.25, 0.3) is 0 Å². The molecule has 1 aromatic rings. The lowest BCUT2D eigenvalue weighted by molar-refractivity contribution is -0.141. The zero-order chi connectivity index (χ0) is 13.3. The number of carbonyl (C=O) groups excluding carboxylic acids is 2. The van der Waals surface area contributed by atoms with Crippen LogP contribution in [-0.2, 0) is 14.3 Å². The zero-order valence-electron chi connectivity index (χ0n) is 10.2. The van der Waals surface area contributed by atoms with Gasteiger partial charge in [0.15, 0.2) is 5.78 Å². The van der Waals surface area contributed by atoms with Crippen molar-refractivity contribution in [2.45, 2.75) is 26.2 Å². The summed E-state index contributed by atoms with van der Waals surface area (Å²) in [6.45, 7) is 3.04. The van der Waals surface area contributed by atoms with Gasteiger partial charge < -0.3 is 4.74 Å². The van der Waals surface area contributed by atoms with Crippen LogP contribution in [0.2, 0.25) is 0 Å². The standard InChI is InChI=1S/C14H13FO3/c1-8(16)14-9(2)18-13(17)7-12(14)10-3-5-11(15)6-4-10/h3-6,12H,7H2,1-2H3/t12-/m0/s1. The van der Waals surface area contributed by atoms with Crippen molar-refractivity contribution in [3.05, 3.63) is 47.0 Å². The number of carbonyl (C=O) groups is 2. The summed E-state index contributed by atoms with van der Waals surface area (Å²) in [6.07, 6.45) is 0.109. The van der Waals surface area contributed by atoms with Crippen molar-refractivity contribution in [1.29, 1.82) is 0 Å². The lowest BCUT2D eigenvalue weighted by atomic mass is 9.84. The SMILES string of the molecule is CC(=O)C1=C(C)OC(=O)C[C@H]1c1ccc(F)cc1. The van der Waals surface area contributed by atoms with E-state index >= 15 is 0 Å². The van der Waals surface area contributed by atoms with Gasteiger partial charge in [-0.05, 0) is 31.5 Å². The van der Waals surface area contributed by atoms with Gasteiger partial charge in [-0.1, -0.05) is 12.1 Å². The molecule has 0 N–H and O–H groups in total. The number of cyclic esters (lactones) is 1. The third-order valence-electron chi connectivity index (χ3n) is 3.02. The summed E-state index contributed by atoms with van der Waals surface area (Å²) in [4.78, 5) is 23.1. The molecule has 18 heavy (non-hydrogen) atoms. The molecule has 0 fully saturated rings. The van der Waals surface area contributed by atoms with Crippen LogP contribution in [0.3, 0.4) is 0 Å². The lowest BCUT2D eigenvalue weighted by Crippen LogP contribution is -2.23. The predicted octanol–water partition coefficient (Wildman–Crippen LogP) is 2.72. The first-order valence-electron chi connectivity index (χ1n) is 5.67. The summed E-state index contributed by atoms with van der Waals surface area (Å²) in [5.41, 5.74) is 1.24. The van der Waals surface area contributed by atoms with Crippen LogP contribution in [0, 0.1) is 5.82 Å². The van der Waals surface area contributed by atoms with Gasteiger partial charge >= 0.3 is 5.97 Å². The van der Waals surface area contributed by atoms with Crippen LogP contribution in [0.4, 0.5) is 4.39 Å². The largest absolute Gasteiger partial charge is 0.431 e. The Morgan fingerprint density at radius 2 is 1.94 bits per heavy atom. The van der Waals surface area contributed by atoms with E-state index in [1.165, 1.54) is 19.1 Å². The van der Waals surface area contributed by atoms with Crippen molar-refractivity contribution in [2.24, 2.45) is 0 Å². The topological polar surface area (TPSA) is 43.4 Å². The average molecular weight is 248 g/mol. The van der Waals surface area contributed by atoms with E-state index in [-0.39, 0.29) is 29.9 Å². The van der Waals surface area contributed by atoms with E-state index in [4.69, 9.17) is 4.74 Å². The first-order valence-corrected chi connectivity index (χ1v) is 5.67. The fraction of sp³-hybridized carbons (Fsp3) is 0.286. The maximum Gasteiger partial charge on any atom is 0.311 e. The molecule has 4 heteroatoms. The molecule has 1 atom stereocenters. The molecule has 1 aliphatic heterocycles. The third kappa shape index (κ3) is 2.32. The molecule has 0 spiro atoms. The van der Waals surface area contributed by atoms with Crippen LogP contribution in [0.1, 0.15) is 31.7 Å².